The monoisotopic (exact) mass is 478 g/mol. The Labute approximate surface area is 202 Å². The molecule has 0 radical (unpaired) electrons. The number of rotatable bonds is 9. The van der Waals surface area contributed by atoms with Crippen LogP contribution in [0.25, 0.3) is 0 Å². The minimum atomic E-state index is 0.395. The van der Waals surface area contributed by atoms with Crippen molar-refractivity contribution >= 4 is 29.6 Å². The Morgan fingerprint density at radius 1 is 1.03 bits per heavy atom. The summed E-state index contributed by atoms with van der Waals surface area (Å²) in [4.78, 5) is 0. The van der Waals surface area contributed by atoms with Crippen LogP contribution in [-0.4, -0.2) is 28.2 Å². The Bertz CT molecular complexity index is 1240. The summed E-state index contributed by atoms with van der Waals surface area (Å²) in [6.45, 7) is 2.47. The smallest absolute Gasteiger partial charge is 0.212 e. The fraction of sp³-hybridized carbons (Fsp3) is 0.160. The van der Waals surface area contributed by atoms with E-state index in [9.17, 15) is 0 Å². The van der Waals surface area contributed by atoms with Crippen LogP contribution in [0.4, 0.5) is 0 Å². The number of methoxy groups -OCH3 is 1. The summed E-state index contributed by atoms with van der Waals surface area (Å²) in [6, 6.07) is 21.7. The third-order valence-electron chi connectivity index (χ3n) is 4.79. The molecule has 0 aliphatic heterocycles. The minimum Gasteiger partial charge on any atom is -0.493 e. The zero-order valence-corrected chi connectivity index (χ0v) is 19.9. The van der Waals surface area contributed by atoms with Crippen molar-refractivity contribution in [1.82, 2.24) is 14.9 Å². The number of benzene rings is 3. The molecule has 0 unspecified atom stereocenters. The number of halogens is 1. The highest BCUT2D eigenvalue weighted by molar-refractivity contribution is 7.98. The number of thioether (sulfide) groups is 1. The van der Waals surface area contributed by atoms with Crippen LogP contribution in [0.1, 0.15) is 22.3 Å². The molecular formula is C25H23ClN4O2S. The number of nitrogens with zero attached hydrogens (tertiary/aromatic N) is 4. The predicted octanol–water partition coefficient (Wildman–Crippen LogP) is 6.00. The van der Waals surface area contributed by atoms with Gasteiger partial charge in [0.05, 0.1) is 13.3 Å². The molecule has 0 atom stereocenters. The SMILES string of the molecule is COc1cc(/C=N\n2cnnc2SCc2ccc(C)cc2)ccc1OCc1cccc(Cl)c1. The summed E-state index contributed by atoms with van der Waals surface area (Å²) in [5, 5.41) is 14.1. The van der Waals surface area contributed by atoms with E-state index in [1.807, 2.05) is 42.5 Å². The van der Waals surface area contributed by atoms with Gasteiger partial charge in [0.1, 0.15) is 12.9 Å². The van der Waals surface area contributed by atoms with E-state index in [0.717, 1.165) is 22.0 Å². The van der Waals surface area contributed by atoms with E-state index >= 15 is 0 Å². The van der Waals surface area contributed by atoms with Crippen LogP contribution in [0.5, 0.6) is 11.5 Å². The van der Waals surface area contributed by atoms with Gasteiger partial charge in [-0.25, -0.2) is 0 Å². The van der Waals surface area contributed by atoms with Gasteiger partial charge in [0.15, 0.2) is 11.5 Å². The molecule has 3 aromatic carbocycles. The molecule has 1 heterocycles. The van der Waals surface area contributed by atoms with Crippen LogP contribution in [0, 0.1) is 6.92 Å². The lowest BCUT2D eigenvalue weighted by atomic mass is 10.2. The summed E-state index contributed by atoms with van der Waals surface area (Å²) in [5.74, 6) is 2.06. The van der Waals surface area contributed by atoms with Crippen molar-refractivity contribution in [2.45, 2.75) is 24.4 Å². The summed E-state index contributed by atoms with van der Waals surface area (Å²) in [6.07, 6.45) is 3.33. The molecule has 0 N–H and O–H groups in total. The zero-order valence-electron chi connectivity index (χ0n) is 18.3. The van der Waals surface area contributed by atoms with Crippen molar-refractivity contribution in [3.8, 4) is 11.5 Å². The average molecular weight is 479 g/mol. The molecule has 6 nitrogen and oxygen atoms in total. The molecule has 0 bridgehead atoms. The van der Waals surface area contributed by atoms with Gasteiger partial charge in [0, 0.05) is 10.8 Å². The van der Waals surface area contributed by atoms with Gasteiger partial charge in [0.25, 0.3) is 0 Å². The summed E-state index contributed by atoms with van der Waals surface area (Å²) in [7, 11) is 1.61. The standard InChI is InChI=1S/C25H23ClN4O2S/c1-18-6-8-19(9-7-18)16-33-25-29-27-17-30(25)28-14-20-10-11-23(24(13-20)31-2)32-15-21-4-3-5-22(26)12-21/h3-14,17H,15-16H2,1-2H3/b28-14-. The van der Waals surface area contributed by atoms with Gasteiger partial charge in [-0.2, -0.15) is 9.78 Å². The molecular weight excluding hydrogens is 456 g/mol. The van der Waals surface area contributed by atoms with Gasteiger partial charge in [-0.1, -0.05) is 65.3 Å². The first kappa shape index (κ1) is 22.9. The molecule has 4 rings (SSSR count). The van der Waals surface area contributed by atoms with Gasteiger partial charge >= 0.3 is 0 Å². The average Bonchev–Trinajstić information content (AvgIpc) is 3.28. The van der Waals surface area contributed by atoms with Gasteiger partial charge < -0.3 is 9.47 Å². The first-order valence-electron chi connectivity index (χ1n) is 10.3. The molecule has 0 aliphatic carbocycles. The normalized spacial score (nSPS) is 11.1. The van der Waals surface area contributed by atoms with Crippen molar-refractivity contribution in [2.75, 3.05) is 7.11 Å². The second-order valence-corrected chi connectivity index (χ2v) is 8.68. The third kappa shape index (κ3) is 6.37. The summed E-state index contributed by atoms with van der Waals surface area (Å²) < 4.78 is 13.1. The lowest BCUT2D eigenvalue weighted by molar-refractivity contribution is 0.284. The molecule has 0 saturated heterocycles. The van der Waals surface area contributed by atoms with E-state index in [1.165, 1.54) is 11.1 Å². The molecule has 8 heteroatoms. The molecule has 0 amide bonds. The topological polar surface area (TPSA) is 61.5 Å². The summed E-state index contributed by atoms with van der Waals surface area (Å²) >= 11 is 7.63. The fourth-order valence-electron chi connectivity index (χ4n) is 3.03. The lowest BCUT2D eigenvalue weighted by Crippen LogP contribution is -1.99. The van der Waals surface area contributed by atoms with Gasteiger partial charge in [-0.15, -0.1) is 10.2 Å². The first-order chi connectivity index (χ1) is 16.1. The number of aryl methyl sites for hydroxylation is 1. The fourth-order valence-corrected chi connectivity index (χ4v) is 4.06. The second-order valence-electron chi connectivity index (χ2n) is 7.31. The van der Waals surface area contributed by atoms with Crippen molar-refractivity contribution in [3.05, 3.63) is 100 Å². The molecule has 168 valence electrons. The Kier molecular flexibility index (Phi) is 7.65. The molecule has 0 aliphatic rings. The number of hydrogen-bond donors (Lipinski definition) is 0. The van der Waals surface area contributed by atoms with E-state index in [0.29, 0.717) is 23.1 Å². The number of hydrogen-bond acceptors (Lipinski definition) is 6. The molecule has 0 spiro atoms. The Hall–Kier alpha value is -3.29. The number of ether oxygens (including phenoxy) is 2. The third-order valence-corrected chi connectivity index (χ3v) is 6.03. The van der Waals surface area contributed by atoms with Crippen LogP contribution in [0.3, 0.4) is 0 Å². The van der Waals surface area contributed by atoms with Crippen LogP contribution in [-0.2, 0) is 12.4 Å². The van der Waals surface area contributed by atoms with E-state index in [-0.39, 0.29) is 0 Å². The largest absolute Gasteiger partial charge is 0.493 e. The first-order valence-corrected chi connectivity index (χ1v) is 11.6. The minimum absolute atomic E-state index is 0.395. The Morgan fingerprint density at radius 2 is 1.88 bits per heavy atom. The molecule has 0 saturated carbocycles. The van der Waals surface area contributed by atoms with Crippen LogP contribution >= 0.6 is 23.4 Å². The van der Waals surface area contributed by atoms with Gasteiger partial charge in [-0.3, -0.25) is 0 Å². The lowest BCUT2D eigenvalue weighted by Gasteiger charge is -2.11. The molecule has 0 fully saturated rings. The van der Waals surface area contributed by atoms with Crippen molar-refractivity contribution < 1.29 is 9.47 Å². The highest BCUT2D eigenvalue weighted by atomic mass is 35.5. The van der Waals surface area contributed by atoms with E-state index in [4.69, 9.17) is 21.1 Å². The maximum atomic E-state index is 6.04. The highest BCUT2D eigenvalue weighted by Gasteiger charge is 2.08. The van der Waals surface area contributed by atoms with E-state index in [1.54, 1.807) is 36.1 Å². The molecule has 4 aromatic rings. The number of aromatic nitrogens is 3. The van der Waals surface area contributed by atoms with Gasteiger partial charge in [-0.05, 0) is 53.9 Å². The van der Waals surface area contributed by atoms with Crippen molar-refractivity contribution in [2.24, 2.45) is 5.10 Å². The maximum absolute atomic E-state index is 6.04. The predicted molar refractivity (Wildman–Crippen MR) is 133 cm³/mol. The Morgan fingerprint density at radius 3 is 2.67 bits per heavy atom. The maximum Gasteiger partial charge on any atom is 0.212 e. The highest BCUT2D eigenvalue weighted by Crippen LogP contribution is 2.29. The second kappa shape index (κ2) is 11.0. The molecule has 33 heavy (non-hydrogen) atoms. The zero-order chi connectivity index (χ0) is 23.0. The quantitative estimate of drug-likeness (QED) is 0.218. The van der Waals surface area contributed by atoms with Crippen LogP contribution < -0.4 is 9.47 Å². The van der Waals surface area contributed by atoms with E-state index in [2.05, 4.69) is 46.5 Å². The summed E-state index contributed by atoms with van der Waals surface area (Å²) in [5.41, 5.74) is 4.32. The van der Waals surface area contributed by atoms with Crippen molar-refractivity contribution in [1.29, 1.82) is 0 Å². The van der Waals surface area contributed by atoms with Crippen LogP contribution in [0.2, 0.25) is 5.02 Å². The molecule has 1 aromatic heterocycles. The Balaban J connectivity index is 1.41. The van der Waals surface area contributed by atoms with E-state index < -0.39 is 0 Å². The van der Waals surface area contributed by atoms with Gasteiger partial charge in [0.2, 0.25) is 5.16 Å². The van der Waals surface area contributed by atoms with Crippen LogP contribution in [0.15, 0.2) is 83.3 Å². The van der Waals surface area contributed by atoms with Crippen molar-refractivity contribution in [3.63, 3.8) is 0 Å².